The molecular formula is C21H27N3O2. The predicted molar refractivity (Wildman–Crippen MR) is 103 cm³/mol. The molecule has 0 spiro atoms. The van der Waals surface area contributed by atoms with E-state index in [1.165, 1.54) is 5.56 Å². The van der Waals surface area contributed by atoms with Crippen LogP contribution in [-0.4, -0.2) is 36.2 Å². The summed E-state index contributed by atoms with van der Waals surface area (Å²) in [5, 5.41) is 2.93. The smallest absolute Gasteiger partial charge is 0.252 e. The Labute approximate surface area is 155 Å². The van der Waals surface area contributed by atoms with Gasteiger partial charge in [-0.1, -0.05) is 30.3 Å². The average Bonchev–Trinajstić information content (AvgIpc) is 3.18. The van der Waals surface area contributed by atoms with E-state index in [4.69, 9.17) is 4.74 Å². The number of ether oxygens (including phenoxy) is 1. The van der Waals surface area contributed by atoms with E-state index in [0.717, 1.165) is 31.8 Å². The van der Waals surface area contributed by atoms with Crippen LogP contribution in [0.15, 0.2) is 48.7 Å². The summed E-state index contributed by atoms with van der Waals surface area (Å²) in [5.74, 6) is 0.776. The number of amides is 1. The molecule has 3 rings (SSSR count). The first-order valence-electron chi connectivity index (χ1n) is 9.30. The Hall–Kier alpha value is -2.40. The van der Waals surface area contributed by atoms with E-state index in [0.29, 0.717) is 18.2 Å². The van der Waals surface area contributed by atoms with Gasteiger partial charge in [0.15, 0.2) is 0 Å². The van der Waals surface area contributed by atoms with Gasteiger partial charge in [-0.2, -0.15) is 0 Å². The van der Waals surface area contributed by atoms with Crippen molar-refractivity contribution in [3.8, 4) is 0 Å². The number of nitrogens with one attached hydrogen (secondary N) is 1. The molecule has 0 aliphatic carbocycles. The Morgan fingerprint density at radius 2 is 2.08 bits per heavy atom. The van der Waals surface area contributed by atoms with E-state index < -0.39 is 0 Å². The van der Waals surface area contributed by atoms with Crippen LogP contribution in [0.1, 0.15) is 42.6 Å². The van der Waals surface area contributed by atoms with Crippen molar-refractivity contribution >= 4 is 11.7 Å². The van der Waals surface area contributed by atoms with Gasteiger partial charge in [0.05, 0.1) is 11.7 Å². The van der Waals surface area contributed by atoms with Crippen LogP contribution in [0.4, 0.5) is 5.82 Å². The lowest BCUT2D eigenvalue weighted by molar-refractivity contribution is 0.0857. The fraction of sp³-hybridized carbons (Fsp3) is 0.429. The third kappa shape index (κ3) is 4.82. The zero-order valence-electron chi connectivity index (χ0n) is 15.5. The summed E-state index contributed by atoms with van der Waals surface area (Å²) < 4.78 is 5.54. The van der Waals surface area contributed by atoms with Crippen molar-refractivity contribution in [2.24, 2.45) is 0 Å². The molecule has 1 saturated heterocycles. The molecule has 138 valence electrons. The first-order chi connectivity index (χ1) is 12.6. The maximum absolute atomic E-state index is 12.3. The minimum atomic E-state index is -0.0984. The van der Waals surface area contributed by atoms with Crippen molar-refractivity contribution in [3.05, 3.63) is 59.8 Å². The molecule has 1 atom stereocenters. The summed E-state index contributed by atoms with van der Waals surface area (Å²) >= 11 is 0. The molecule has 2 aromatic rings. The fourth-order valence-electron chi connectivity index (χ4n) is 3.11. The molecule has 26 heavy (non-hydrogen) atoms. The summed E-state index contributed by atoms with van der Waals surface area (Å²) in [4.78, 5) is 19.0. The summed E-state index contributed by atoms with van der Waals surface area (Å²) in [5.41, 5.74) is 1.82. The maximum Gasteiger partial charge on any atom is 0.252 e. The second-order valence-electron chi connectivity index (χ2n) is 6.96. The monoisotopic (exact) mass is 353 g/mol. The van der Waals surface area contributed by atoms with Crippen molar-refractivity contribution in [2.45, 2.75) is 45.4 Å². The predicted octanol–water partition coefficient (Wildman–Crippen LogP) is 3.41. The highest BCUT2D eigenvalue weighted by Crippen LogP contribution is 2.18. The average molecular weight is 353 g/mol. The highest BCUT2D eigenvalue weighted by atomic mass is 16.5. The van der Waals surface area contributed by atoms with Gasteiger partial charge in [0.25, 0.3) is 5.91 Å². The molecule has 1 unspecified atom stereocenters. The molecule has 1 fully saturated rings. The summed E-state index contributed by atoms with van der Waals surface area (Å²) in [6, 6.07) is 14.4. The SMILES string of the molecule is CC(C)N(Cc1ccccc1)c1ccc(C(=O)NCC2CCCO2)cn1. The molecule has 2 heterocycles. The van der Waals surface area contributed by atoms with E-state index >= 15 is 0 Å². The highest BCUT2D eigenvalue weighted by Gasteiger charge is 2.17. The van der Waals surface area contributed by atoms with Gasteiger partial charge in [-0.3, -0.25) is 4.79 Å². The number of hydrogen-bond acceptors (Lipinski definition) is 4. The summed E-state index contributed by atoms with van der Waals surface area (Å²) in [7, 11) is 0. The van der Waals surface area contributed by atoms with Crippen LogP contribution >= 0.6 is 0 Å². The lowest BCUT2D eigenvalue weighted by atomic mass is 10.2. The molecule has 1 aromatic carbocycles. The Kier molecular flexibility index (Phi) is 6.23. The second-order valence-corrected chi connectivity index (χ2v) is 6.96. The van der Waals surface area contributed by atoms with Gasteiger partial charge in [-0.15, -0.1) is 0 Å². The molecule has 1 aromatic heterocycles. The minimum absolute atomic E-state index is 0.0984. The van der Waals surface area contributed by atoms with Gasteiger partial charge in [0.1, 0.15) is 5.82 Å². The van der Waals surface area contributed by atoms with Crippen molar-refractivity contribution < 1.29 is 9.53 Å². The molecule has 1 amide bonds. The molecule has 0 bridgehead atoms. The molecule has 0 radical (unpaired) electrons. The van der Waals surface area contributed by atoms with Crippen LogP contribution < -0.4 is 10.2 Å². The zero-order valence-corrected chi connectivity index (χ0v) is 15.5. The highest BCUT2D eigenvalue weighted by molar-refractivity contribution is 5.94. The topological polar surface area (TPSA) is 54.5 Å². The first kappa shape index (κ1) is 18.4. The van der Waals surface area contributed by atoms with Gasteiger partial charge in [0.2, 0.25) is 0 Å². The third-order valence-corrected chi connectivity index (χ3v) is 4.64. The molecule has 0 saturated carbocycles. The van der Waals surface area contributed by atoms with Crippen molar-refractivity contribution in [1.82, 2.24) is 10.3 Å². The second kappa shape index (κ2) is 8.81. The number of nitrogens with zero attached hydrogens (tertiary/aromatic N) is 2. The molecule has 1 N–H and O–H groups in total. The number of aromatic nitrogens is 1. The number of hydrogen-bond donors (Lipinski definition) is 1. The van der Waals surface area contributed by atoms with E-state index in [9.17, 15) is 4.79 Å². The molecular weight excluding hydrogens is 326 g/mol. The number of benzene rings is 1. The summed E-state index contributed by atoms with van der Waals surface area (Å²) in [6.07, 6.45) is 3.89. The van der Waals surface area contributed by atoms with Gasteiger partial charge in [-0.25, -0.2) is 4.98 Å². The largest absolute Gasteiger partial charge is 0.376 e. The van der Waals surface area contributed by atoms with E-state index in [-0.39, 0.29) is 12.0 Å². The Morgan fingerprint density at radius 3 is 2.69 bits per heavy atom. The lowest BCUT2D eigenvalue weighted by Crippen LogP contribution is -2.32. The quantitative estimate of drug-likeness (QED) is 0.829. The van der Waals surface area contributed by atoms with Crippen LogP contribution in [-0.2, 0) is 11.3 Å². The number of carbonyl (C=O) groups is 1. The molecule has 5 heteroatoms. The van der Waals surface area contributed by atoms with Crippen LogP contribution in [0, 0.1) is 0 Å². The normalized spacial score (nSPS) is 16.7. The van der Waals surface area contributed by atoms with Crippen LogP contribution in [0.25, 0.3) is 0 Å². The van der Waals surface area contributed by atoms with Gasteiger partial charge in [0, 0.05) is 31.9 Å². The van der Waals surface area contributed by atoms with Crippen LogP contribution in [0.5, 0.6) is 0 Å². The maximum atomic E-state index is 12.3. The van der Waals surface area contributed by atoms with Crippen molar-refractivity contribution in [1.29, 1.82) is 0 Å². The lowest BCUT2D eigenvalue weighted by Gasteiger charge is -2.28. The Morgan fingerprint density at radius 1 is 1.27 bits per heavy atom. The Balaban J connectivity index is 1.63. The van der Waals surface area contributed by atoms with Gasteiger partial charge < -0.3 is 15.0 Å². The molecule has 1 aliphatic heterocycles. The first-order valence-corrected chi connectivity index (χ1v) is 9.30. The number of carbonyl (C=O) groups excluding carboxylic acids is 1. The number of rotatable bonds is 7. The number of anilines is 1. The molecule has 5 nitrogen and oxygen atoms in total. The van der Waals surface area contributed by atoms with Crippen molar-refractivity contribution in [3.63, 3.8) is 0 Å². The fourth-order valence-corrected chi connectivity index (χ4v) is 3.11. The Bertz CT molecular complexity index is 695. The zero-order chi connectivity index (χ0) is 18.4. The van der Waals surface area contributed by atoms with Crippen LogP contribution in [0.3, 0.4) is 0 Å². The standard InChI is InChI=1S/C21H27N3O2/c1-16(2)24(15-17-7-4-3-5-8-17)20-11-10-18(13-22-20)21(25)23-14-19-9-6-12-26-19/h3-5,7-8,10-11,13,16,19H,6,9,12,14-15H2,1-2H3,(H,23,25). The third-order valence-electron chi connectivity index (χ3n) is 4.64. The minimum Gasteiger partial charge on any atom is -0.376 e. The van der Waals surface area contributed by atoms with Gasteiger partial charge >= 0.3 is 0 Å². The van der Waals surface area contributed by atoms with E-state index in [1.54, 1.807) is 6.20 Å². The van der Waals surface area contributed by atoms with E-state index in [1.807, 2.05) is 30.3 Å². The van der Waals surface area contributed by atoms with Gasteiger partial charge in [-0.05, 0) is 44.4 Å². The van der Waals surface area contributed by atoms with Crippen molar-refractivity contribution in [2.75, 3.05) is 18.1 Å². The summed E-state index contributed by atoms with van der Waals surface area (Å²) in [6.45, 7) is 6.44. The van der Waals surface area contributed by atoms with E-state index in [2.05, 4.69) is 41.2 Å². The molecule has 1 aliphatic rings. The number of pyridine rings is 1. The van der Waals surface area contributed by atoms with Crippen LogP contribution in [0.2, 0.25) is 0 Å².